The predicted octanol–water partition coefficient (Wildman–Crippen LogP) is 1.96. The minimum Gasteiger partial charge on any atom is -0.393 e. The molecule has 1 heterocycles. The van der Waals surface area contributed by atoms with Crippen molar-refractivity contribution in [1.29, 1.82) is 0 Å². The van der Waals surface area contributed by atoms with Gasteiger partial charge in [-0.2, -0.15) is 0 Å². The minimum atomic E-state index is -0.331. The molecule has 1 aliphatic rings. The van der Waals surface area contributed by atoms with E-state index in [1.165, 1.54) is 12.8 Å². The van der Waals surface area contributed by atoms with E-state index in [0.29, 0.717) is 19.4 Å². The highest BCUT2D eigenvalue weighted by molar-refractivity contribution is 5.76. The van der Waals surface area contributed by atoms with Gasteiger partial charge >= 0.3 is 0 Å². The molecule has 0 aromatic rings. The summed E-state index contributed by atoms with van der Waals surface area (Å²) in [4.78, 5) is 14.2. The van der Waals surface area contributed by atoms with Crippen LogP contribution in [0.2, 0.25) is 0 Å². The molecule has 1 N–H and O–H groups in total. The number of ether oxygens (including phenoxy) is 1. The number of methoxy groups -OCH3 is 1. The van der Waals surface area contributed by atoms with E-state index in [2.05, 4.69) is 0 Å². The Morgan fingerprint density at radius 3 is 2.89 bits per heavy atom. The molecule has 0 aromatic carbocycles. The first-order valence-electron chi connectivity index (χ1n) is 7.11. The average Bonchev–Trinajstić information content (AvgIpc) is 2.54. The minimum absolute atomic E-state index is 0.222. The SMILES string of the molecule is COCCCC(=O)N1CCCCCC1CC(C)O. The molecule has 1 fully saturated rings. The van der Waals surface area contributed by atoms with Gasteiger partial charge in [0, 0.05) is 32.7 Å². The third-order valence-electron chi connectivity index (χ3n) is 3.55. The van der Waals surface area contributed by atoms with Crippen LogP contribution in [-0.4, -0.2) is 48.3 Å². The maximum Gasteiger partial charge on any atom is 0.222 e. The van der Waals surface area contributed by atoms with Crippen LogP contribution in [0.4, 0.5) is 0 Å². The largest absolute Gasteiger partial charge is 0.393 e. The summed E-state index contributed by atoms with van der Waals surface area (Å²) in [5.74, 6) is 0.222. The van der Waals surface area contributed by atoms with Crippen LogP contribution in [-0.2, 0) is 9.53 Å². The van der Waals surface area contributed by atoms with E-state index >= 15 is 0 Å². The number of nitrogens with zero attached hydrogens (tertiary/aromatic N) is 1. The molecule has 4 heteroatoms. The number of rotatable bonds is 6. The van der Waals surface area contributed by atoms with E-state index in [-0.39, 0.29) is 18.1 Å². The van der Waals surface area contributed by atoms with Crippen LogP contribution in [0.3, 0.4) is 0 Å². The van der Waals surface area contributed by atoms with Gasteiger partial charge in [0.1, 0.15) is 0 Å². The Kier molecular flexibility index (Phi) is 7.28. The van der Waals surface area contributed by atoms with Crippen molar-refractivity contribution in [2.75, 3.05) is 20.3 Å². The molecule has 1 aliphatic heterocycles. The summed E-state index contributed by atoms with van der Waals surface area (Å²) in [6.07, 6.45) is 6.19. The van der Waals surface area contributed by atoms with Crippen molar-refractivity contribution in [2.24, 2.45) is 0 Å². The zero-order valence-electron chi connectivity index (χ0n) is 11.7. The van der Waals surface area contributed by atoms with Gasteiger partial charge in [-0.1, -0.05) is 12.8 Å². The molecule has 0 aromatic heterocycles. The monoisotopic (exact) mass is 257 g/mol. The normalized spacial score (nSPS) is 22.6. The molecule has 0 bridgehead atoms. The number of carbonyl (C=O) groups excluding carboxylic acids is 1. The number of likely N-dealkylation sites (tertiary alicyclic amines) is 1. The van der Waals surface area contributed by atoms with E-state index in [0.717, 1.165) is 25.8 Å². The highest BCUT2D eigenvalue weighted by Crippen LogP contribution is 2.21. The number of amides is 1. The molecule has 0 aliphatic carbocycles. The van der Waals surface area contributed by atoms with Crippen molar-refractivity contribution < 1.29 is 14.6 Å². The van der Waals surface area contributed by atoms with Crippen molar-refractivity contribution in [2.45, 2.75) is 64.0 Å². The topological polar surface area (TPSA) is 49.8 Å². The highest BCUT2D eigenvalue weighted by atomic mass is 16.5. The number of hydrogen-bond donors (Lipinski definition) is 1. The number of hydrogen-bond acceptors (Lipinski definition) is 3. The van der Waals surface area contributed by atoms with Gasteiger partial charge in [-0.05, 0) is 32.6 Å². The van der Waals surface area contributed by atoms with Crippen molar-refractivity contribution >= 4 is 5.91 Å². The molecule has 4 nitrogen and oxygen atoms in total. The van der Waals surface area contributed by atoms with Crippen LogP contribution in [0, 0.1) is 0 Å². The van der Waals surface area contributed by atoms with Gasteiger partial charge in [0.25, 0.3) is 0 Å². The zero-order valence-corrected chi connectivity index (χ0v) is 11.7. The molecule has 0 radical (unpaired) electrons. The van der Waals surface area contributed by atoms with Gasteiger partial charge in [-0.3, -0.25) is 4.79 Å². The van der Waals surface area contributed by atoms with Crippen LogP contribution in [0.15, 0.2) is 0 Å². The van der Waals surface area contributed by atoms with Gasteiger partial charge < -0.3 is 14.7 Å². The lowest BCUT2D eigenvalue weighted by Crippen LogP contribution is -2.41. The zero-order chi connectivity index (χ0) is 13.4. The molecular weight excluding hydrogens is 230 g/mol. The molecule has 1 saturated heterocycles. The van der Waals surface area contributed by atoms with Crippen LogP contribution in [0.25, 0.3) is 0 Å². The van der Waals surface area contributed by atoms with Gasteiger partial charge in [0.2, 0.25) is 5.91 Å². The van der Waals surface area contributed by atoms with E-state index in [1.54, 1.807) is 14.0 Å². The second kappa shape index (κ2) is 8.48. The molecule has 0 saturated carbocycles. The lowest BCUT2D eigenvalue weighted by molar-refractivity contribution is -0.134. The Hall–Kier alpha value is -0.610. The van der Waals surface area contributed by atoms with Crippen LogP contribution in [0.1, 0.15) is 51.9 Å². The van der Waals surface area contributed by atoms with Crippen molar-refractivity contribution in [3.05, 3.63) is 0 Å². The molecule has 2 unspecified atom stereocenters. The second-order valence-corrected chi connectivity index (χ2v) is 5.27. The van der Waals surface area contributed by atoms with Crippen molar-refractivity contribution in [3.8, 4) is 0 Å². The molecule has 1 rings (SSSR count). The fourth-order valence-electron chi connectivity index (χ4n) is 2.66. The predicted molar refractivity (Wildman–Crippen MR) is 71.4 cm³/mol. The van der Waals surface area contributed by atoms with E-state index in [4.69, 9.17) is 4.74 Å². The first kappa shape index (κ1) is 15.4. The van der Waals surface area contributed by atoms with Crippen molar-refractivity contribution in [1.82, 2.24) is 4.90 Å². The Balaban J connectivity index is 2.52. The summed E-state index contributed by atoms with van der Waals surface area (Å²) in [6.45, 7) is 3.29. The van der Waals surface area contributed by atoms with Gasteiger partial charge in [-0.15, -0.1) is 0 Å². The summed E-state index contributed by atoms with van der Waals surface area (Å²) in [6, 6.07) is 0.225. The first-order chi connectivity index (χ1) is 8.65. The van der Waals surface area contributed by atoms with Gasteiger partial charge in [0.05, 0.1) is 6.10 Å². The lowest BCUT2D eigenvalue weighted by Gasteiger charge is -2.31. The maximum absolute atomic E-state index is 12.2. The Labute approximate surface area is 110 Å². The van der Waals surface area contributed by atoms with Crippen LogP contribution < -0.4 is 0 Å². The number of aliphatic hydroxyl groups is 1. The second-order valence-electron chi connectivity index (χ2n) is 5.27. The maximum atomic E-state index is 12.2. The molecule has 106 valence electrons. The molecule has 18 heavy (non-hydrogen) atoms. The average molecular weight is 257 g/mol. The third kappa shape index (κ3) is 5.36. The van der Waals surface area contributed by atoms with E-state index < -0.39 is 0 Å². The Bertz CT molecular complexity index is 243. The Morgan fingerprint density at radius 1 is 1.44 bits per heavy atom. The fourth-order valence-corrected chi connectivity index (χ4v) is 2.66. The fraction of sp³-hybridized carbons (Fsp3) is 0.929. The molecular formula is C14H27NO3. The van der Waals surface area contributed by atoms with Gasteiger partial charge in [0.15, 0.2) is 0 Å². The van der Waals surface area contributed by atoms with Crippen LogP contribution >= 0.6 is 0 Å². The lowest BCUT2D eigenvalue weighted by atomic mass is 10.0. The summed E-state index contributed by atoms with van der Waals surface area (Å²) in [5.41, 5.74) is 0. The van der Waals surface area contributed by atoms with Crippen LogP contribution in [0.5, 0.6) is 0 Å². The van der Waals surface area contributed by atoms with E-state index in [9.17, 15) is 9.90 Å². The first-order valence-corrected chi connectivity index (χ1v) is 7.11. The quantitative estimate of drug-likeness (QED) is 0.740. The molecule has 1 amide bonds. The number of aliphatic hydroxyl groups excluding tert-OH is 1. The van der Waals surface area contributed by atoms with Gasteiger partial charge in [-0.25, -0.2) is 0 Å². The Morgan fingerprint density at radius 2 is 2.22 bits per heavy atom. The summed E-state index contributed by atoms with van der Waals surface area (Å²) < 4.78 is 4.98. The van der Waals surface area contributed by atoms with Crippen molar-refractivity contribution in [3.63, 3.8) is 0 Å². The summed E-state index contributed by atoms with van der Waals surface area (Å²) in [5, 5.41) is 9.55. The number of carbonyl (C=O) groups is 1. The summed E-state index contributed by atoms with van der Waals surface area (Å²) in [7, 11) is 1.66. The highest BCUT2D eigenvalue weighted by Gasteiger charge is 2.25. The third-order valence-corrected chi connectivity index (χ3v) is 3.55. The summed E-state index contributed by atoms with van der Waals surface area (Å²) >= 11 is 0. The smallest absolute Gasteiger partial charge is 0.222 e. The molecule has 2 atom stereocenters. The standard InChI is InChI=1S/C14H27NO3/c1-12(16)11-13-7-4-3-5-9-15(13)14(17)8-6-10-18-2/h12-13,16H,3-11H2,1-2H3. The van der Waals surface area contributed by atoms with E-state index in [1.807, 2.05) is 4.90 Å². The molecule has 0 spiro atoms.